The van der Waals surface area contributed by atoms with Crippen LogP contribution in [0.4, 0.5) is 0 Å². The van der Waals surface area contributed by atoms with E-state index < -0.39 is 0 Å². The molecule has 12 heavy (non-hydrogen) atoms. The Hall–Kier alpha value is -0.570. The third kappa shape index (κ3) is 4.34. The molecule has 70 valence electrons. The first-order chi connectivity index (χ1) is 5.61. The second-order valence-corrected chi connectivity index (χ2v) is 2.93. The van der Waals surface area contributed by atoms with Gasteiger partial charge in [0.05, 0.1) is 0 Å². The minimum Gasteiger partial charge on any atom is -0.343 e. The van der Waals surface area contributed by atoms with Gasteiger partial charge in [-0.1, -0.05) is 0 Å². The Balaban J connectivity index is 3.69. The summed E-state index contributed by atoms with van der Waals surface area (Å²) in [5.74, 6) is 0.133. The van der Waals surface area contributed by atoms with E-state index in [2.05, 4.69) is 13.8 Å². The van der Waals surface area contributed by atoms with E-state index in [-0.39, 0.29) is 5.91 Å². The Morgan fingerprint density at radius 2 is 1.75 bits per heavy atom. The van der Waals surface area contributed by atoms with E-state index in [0.29, 0.717) is 19.5 Å². The second-order valence-electron chi connectivity index (χ2n) is 2.93. The summed E-state index contributed by atoms with van der Waals surface area (Å²) in [7, 11) is 3.90. The van der Waals surface area contributed by atoms with Gasteiger partial charge in [-0.05, 0) is 27.9 Å². The maximum Gasteiger partial charge on any atom is 0.223 e. The molecule has 0 unspecified atom stereocenters. The molecule has 0 rings (SSSR count). The molecule has 0 spiro atoms. The summed E-state index contributed by atoms with van der Waals surface area (Å²) in [6.45, 7) is 9.12. The monoisotopic (exact) mass is 170 g/mol. The molecule has 0 saturated heterocycles. The summed E-state index contributed by atoms with van der Waals surface area (Å²) < 4.78 is 0. The van der Waals surface area contributed by atoms with Crippen molar-refractivity contribution >= 4 is 5.91 Å². The van der Waals surface area contributed by atoms with Gasteiger partial charge >= 0.3 is 0 Å². The maximum atomic E-state index is 11.3. The molecular formula is C9H18N2O. The highest BCUT2D eigenvalue weighted by molar-refractivity contribution is 5.76. The minimum absolute atomic E-state index is 0.133. The lowest BCUT2D eigenvalue weighted by molar-refractivity contribution is -0.130. The fourth-order valence-corrected chi connectivity index (χ4v) is 0.839. The zero-order chi connectivity index (χ0) is 9.56. The summed E-state index contributed by atoms with van der Waals surface area (Å²) >= 11 is 0. The lowest BCUT2D eigenvalue weighted by Crippen LogP contribution is -2.32. The molecule has 3 heteroatoms. The van der Waals surface area contributed by atoms with Crippen LogP contribution in [0.5, 0.6) is 0 Å². The molecule has 0 aliphatic heterocycles. The Morgan fingerprint density at radius 3 is 2.08 bits per heavy atom. The highest BCUT2D eigenvalue weighted by Crippen LogP contribution is 1.93. The number of rotatable bonds is 5. The quantitative estimate of drug-likeness (QED) is 0.597. The van der Waals surface area contributed by atoms with Crippen LogP contribution in [0.15, 0.2) is 0 Å². The standard InChI is InChI=1S/C9H18N2O/c1-5-11(6-2)9(12)7-8-10(3)4/h1-2,5-8H2,3-4H3. The van der Waals surface area contributed by atoms with Crippen molar-refractivity contribution in [3.05, 3.63) is 13.8 Å². The molecule has 0 aromatic rings. The summed E-state index contributed by atoms with van der Waals surface area (Å²) in [5, 5.41) is 0. The molecule has 0 heterocycles. The fourth-order valence-electron chi connectivity index (χ4n) is 0.839. The van der Waals surface area contributed by atoms with Crippen LogP contribution in [-0.4, -0.2) is 49.4 Å². The molecule has 0 N–H and O–H groups in total. The predicted molar refractivity (Wildman–Crippen MR) is 50.5 cm³/mol. The van der Waals surface area contributed by atoms with Crippen molar-refractivity contribution in [3.8, 4) is 0 Å². The van der Waals surface area contributed by atoms with Crippen LogP contribution < -0.4 is 0 Å². The van der Waals surface area contributed by atoms with Gasteiger partial charge in [-0.15, -0.1) is 0 Å². The van der Waals surface area contributed by atoms with E-state index in [1.165, 1.54) is 0 Å². The smallest absolute Gasteiger partial charge is 0.223 e. The van der Waals surface area contributed by atoms with Gasteiger partial charge in [0.2, 0.25) is 5.91 Å². The highest BCUT2D eigenvalue weighted by atomic mass is 16.2. The van der Waals surface area contributed by atoms with Crippen LogP contribution >= 0.6 is 0 Å². The molecule has 0 aliphatic rings. The van der Waals surface area contributed by atoms with Gasteiger partial charge < -0.3 is 9.80 Å². The zero-order valence-corrected chi connectivity index (χ0v) is 8.05. The van der Waals surface area contributed by atoms with Gasteiger partial charge in [-0.3, -0.25) is 4.79 Å². The third-order valence-corrected chi connectivity index (χ3v) is 1.67. The number of carbonyl (C=O) groups excluding carboxylic acids is 1. The minimum atomic E-state index is 0.133. The van der Waals surface area contributed by atoms with E-state index in [9.17, 15) is 4.79 Å². The van der Waals surface area contributed by atoms with Gasteiger partial charge in [0.25, 0.3) is 0 Å². The molecule has 1 amide bonds. The van der Waals surface area contributed by atoms with Crippen LogP contribution in [0.1, 0.15) is 6.42 Å². The van der Waals surface area contributed by atoms with Crippen LogP contribution in [0.2, 0.25) is 0 Å². The first kappa shape index (κ1) is 11.4. The van der Waals surface area contributed by atoms with Crippen molar-refractivity contribution in [3.63, 3.8) is 0 Å². The van der Waals surface area contributed by atoms with E-state index in [0.717, 1.165) is 6.54 Å². The van der Waals surface area contributed by atoms with Crippen LogP contribution in [0.3, 0.4) is 0 Å². The van der Waals surface area contributed by atoms with Gasteiger partial charge in [-0.2, -0.15) is 0 Å². The van der Waals surface area contributed by atoms with Gasteiger partial charge in [0.15, 0.2) is 0 Å². The molecule has 0 aliphatic carbocycles. The van der Waals surface area contributed by atoms with Crippen LogP contribution in [-0.2, 0) is 4.79 Å². The lowest BCUT2D eigenvalue weighted by atomic mass is 10.3. The van der Waals surface area contributed by atoms with Gasteiger partial charge in [0, 0.05) is 26.1 Å². The van der Waals surface area contributed by atoms with E-state index in [1.54, 1.807) is 4.90 Å². The molecule has 0 aromatic heterocycles. The number of hydrogen-bond donors (Lipinski definition) is 0. The molecule has 0 aromatic carbocycles. The molecule has 0 saturated carbocycles. The van der Waals surface area contributed by atoms with Crippen molar-refractivity contribution in [1.82, 2.24) is 9.80 Å². The molecule has 3 nitrogen and oxygen atoms in total. The van der Waals surface area contributed by atoms with Gasteiger partial charge in [0.1, 0.15) is 0 Å². The predicted octanol–water partition coefficient (Wildman–Crippen LogP) is 0.435. The van der Waals surface area contributed by atoms with Crippen molar-refractivity contribution in [1.29, 1.82) is 0 Å². The van der Waals surface area contributed by atoms with E-state index >= 15 is 0 Å². The largest absolute Gasteiger partial charge is 0.343 e. The van der Waals surface area contributed by atoms with Crippen molar-refractivity contribution < 1.29 is 4.79 Å². The summed E-state index contributed by atoms with van der Waals surface area (Å²) in [5.41, 5.74) is 0. The number of amides is 1. The average Bonchev–Trinajstić information content (AvgIpc) is 2.03. The molecular weight excluding hydrogens is 152 g/mol. The number of carbonyl (C=O) groups is 1. The lowest BCUT2D eigenvalue weighted by Gasteiger charge is -2.19. The third-order valence-electron chi connectivity index (χ3n) is 1.67. The maximum absolute atomic E-state index is 11.3. The van der Waals surface area contributed by atoms with Crippen molar-refractivity contribution in [2.24, 2.45) is 0 Å². The Kier molecular flexibility index (Phi) is 5.72. The van der Waals surface area contributed by atoms with E-state index in [1.807, 2.05) is 19.0 Å². The second kappa shape index (κ2) is 6.00. The normalized spacial score (nSPS) is 10.4. The first-order valence-corrected chi connectivity index (χ1v) is 4.12. The van der Waals surface area contributed by atoms with E-state index in [4.69, 9.17) is 0 Å². The SMILES string of the molecule is [CH2]CN(C[CH2])C(=O)CCN(C)C. The van der Waals surface area contributed by atoms with Gasteiger partial charge in [-0.25, -0.2) is 0 Å². The zero-order valence-electron chi connectivity index (χ0n) is 8.05. The number of nitrogens with zero attached hydrogens (tertiary/aromatic N) is 2. The summed E-state index contributed by atoms with van der Waals surface area (Å²) in [4.78, 5) is 15.0. The van der Waals surface area contributed by atoms with Crippen LogP contribution in [0, 0.1) is 13.8 Å². The number of hydrogen-bond acceptors (Lipinski definition) is 2. The topological polar surface area (TPSA) is 23.6 Å². The van der Waals surface area contributed by atoms with Crippen LogP contribution in [0.25, 0.3) is 0 Å². The summed E-state index contributed by atoms with van der Waals surface area (Å²) in [6, 6.07) is 0. The summed E-state index contributed by atoms with van der Waals surface area (Å²) in [6.07, 6.45) is 0.554. The molecule has 0 fully saturated rings. The molecule has 0 bridgehead atoms. The molecule has 0 atom stereocenters. The molecule has 2 radical (unpaired) electrons. The van der Waals surface area contributed by atoms with Crippen molar-refractivity contribution in [2.45, 2.75) is 6.42 Å². The first-order valence-electron chi connectivity index (χ1n) is 4.12. The Labute approximate surface area is 75.3 Å². The average molecular weight is 170 g/mol. The fraction of sp³-hybridized carbons (Fsp3) is 0.667. The Bertz CT molecular complexity index is 130. The van der Waals surface area contributed by atoms with Crippen molar-refractivity contribution in [2.75, 3.05) is 33.7 Å². The Morgan fingerprint density at radius 1 is 1.25 bits per heavy atom. The highest BCUT2D eigenvalue weighted by Gasteiger charge is 2.08.